The van der Waals surface area contributed by atoms with Crippen molar-refractivity contribution in [3.05, 3.63) is 57.3 Å². The zero-order valence-corrected chi connectivity index (χ0v) is 17.5. The number of anilines is 3. The van der Waals surface area contributed by atoms with E-state index in [4.69, 9.17) is 11.6 Å². The molecule has 0 fully saturated rings. The molecule has 0 atom stereocenters. The Morgan fingerprint density at radius 1 is 1.21 bits per heavy atom. The van der Waals surface area contributed by atoms with Crippen molar-refractivity contribution in [3.63, 3.8) is 0 Å². The first-order valence-corrected chi connectivity index (χ1v) is 10.5. The molecule has 0 aliphatic carbocycles. The third-order valence-corrected chi connectivity index (χ3v) is 5.80. The molecule has 3 rings (SSSR count). The van der Waals surface area contributed by atoms with E-state index in [1.165, 1.54) is 24.3 Å². The molecular formula is C20H22ClFN4OS. The first-order chi connectivity index (χ1) is 13.5. The second-order valence-corrected chi connectivity index (χ2v) is 7.61. The SMILES string of the molecule is CCCSNc1ccc(F)c(Nc2ccc3ncn(CC)c(=O)c3c2C)c1Cl. The molecule has 2 N–H and O–H groups in total. The first-order valence-electron chi connectivity index (χ1n) is 9.09. The van der Waals surface area contributed by atoms with Crippen molar-refractivity contribution in [2.75, 3.05) is 15.8 Å². The Morgan fingerprint density at radius 3 is 2.68 bits per heavy atom. The van der Waals surface area contributed by atoms with Crippen LogP contribution in [0.4, 0.5) is 21.5 Å². The number of rotatable bonds is 7. The Hall–Kier alpha value is -2.25. The van der Waals surface area contributed by atoms with Gasteiger partial charge in [-0.05, 0) is 50.1 Å². The van der Waals surface area contributed by atoms with E-state index < -0.39 is 5.82 Å². The smallest absolute Gasteiger partial charge is 0.261 e. The molecule has 28 heavy (non-hydrogen) atoms. The fraction of sp³-hybridized carbons (Fsp3) is 0.300. The quantitative estimate of drug-likeness (QED) is 0.377. The Labute approximate surface area is 172 Å². The molecule has 0 bridgehead atoms. The van der Waals surface area contributed by atoms with Gasteiger partial charge in [0.1, 0.15) is 5.82 Å². The highest BCUT2D eigenvalue weighted by Gasteiger charge is 2.15. The van der Waals surface area contributed by atoms with Crippen LogP contribution >= 0.6 is 23.5 Å². The van der Waals surface area contributed by atoms with Crippen LogP contribution in [0.25, 0.3) is 10.9 Å². The van der Waals surface area contributed by atoms with Gasteiger partial charge in [0.15, 0.2) is 0 Å². The molecule has 1 heterocycles. The largest absolute Gasteiger partial charge is 0.352 e. The van der Waals surface area contributed by atoms with E-state index in [9.17, 15) is 9.18 Å². The van der Waals surface area contributed by atoms with Gasteiger partial charge < -0.3 is 10.0 Å². The Kier molecular flexibility index (Phi) is 6.46. The summed E-state index contributed by atoms with van der Waals surface area (Å²) in [7, 11) is 0. The van der Waals surface area contributed by atoms with Crippen LogP contribution in [0.5, 0.6) is 0 Å². The monoisotopic (exact) mass is 420 g/mol. The van der Waals surface area contributed by atoms with E-state index in [0.717, 1.165) is 12.2 Å². The van der Waals surface area contributed by atoms with Crippen LogP contribution in [0.15, 0.2) is 35.4 Å². The van der Waals surface area contributed by atoms with Crippen LogP contribution in [0.3, 0.4) is 0 Å². The van der Waals surface area contributed by atoms with E-state index >= 15 is 0 Å². The van der Waals surface area contributed by atoms with E-state index in [1.807, 2.05) is 13.8 Å². The molecular weight excluding hydrogens is 399 g/mol. The number of halogens is 2. The van der Waals surface area contributed by atoms with Crippen LogP contribution in [0, 0.1) is 12.7 Å². The maximum Gasteiger partial charge on any atom is 0.261 e. The molecule has 148 valence electrons. The fourth-order valence-electron chi connectivity index (χ4n) is 2.87. The molecule has 5 nitrogen and oxygen atoms in total. The standard InChI is InChI=1S/C20H22ClFN4OS/c1-4-10-28-25-16-7-6-13(22)19(18(16)21)24-14-8-9-15-17(12(14)3)20(27)26(5-2)11-23-15/h6-9,11,24-25H,4-5,10H2,1-3H3. The van der Waals surface area contributed by atoms with Crippen molar-refractivity contribution in [1.82, 2.24) is 9.55 Å². The van der Waals surface area contributed by atoms with Gasteiger partial charge in [0, 0.05) is 18.0 Å². The van der Waals surface area contributed by atoms with E-state index in [-0.39, 0.29) is 16.3 Å². The van der Waals surface area contributed by atoms with E-state index in [2.05, 4.69) is 21.9 Å². The van der Waals surface area contributed by atoms with Crippen molar-refractivity contribution in [2.24, 2.45) is 0 Å². The molecule has 0 amide bonds. The second kappa shape index (κ2) is 8.84. The van der Waals surface area contributed by atoms with Gasteiger partial charge in [-0.25, -0.2) is 9.37 Å². The van der Waals surface area contributed by atoms with Gasteiger partial charge in [-0.2, -0.15) is 0 Å². The third-order valence-electron chi connectivity index (χ3n) is 4.43. The Balaban J connectivity index is 2.03. The van der Waals surface area contributed by atoms with Crippen LogP contribution in [-0.2, 0) is 6.54 Å². The lowest BCUT2D eigenvalue weighted by atomic mass is 10.1. The summed E-state index contributed by atoms with van der Waals surface area (Å²) in [6.45, 7) is 6.32. The van der Waals surface area contributed by atoms with Crippen molar-refractivity contribution in [1.29, 1.82) is 0 Å². The molecule has 0 aliphatic rings. The number of nitrogens with one attached hydrogen (secondary N) is 2. The number of hydrogen-bond acceptors (Lipinski definition) is 5. The lowest BCUT2D eigenvalue weighted by molar-refractivity contribution is 0.632. The van der Waals surface area contributed by atoms with Gasteiger partial charge in [0.25, 0.3) is 5.56 Å². The first kappa shape index (κ1) is 20.5. The van der Waals surface area contributed by atoms with Crippen molar-refractivity contribution in [2.45, 2.75) is 33.7 Å². The van der Waals surface area contributed by atoms with Crippen LogP contribution in [0.1, 0.15) is 25.8 Å². The minimum Gasteiger partial charge on any atom is -0.352 e. The molecule has 0 radical (unpaired) electrons. The highest BCUT2D eigenvalue weighted by molar-refractivity contribution is 8.00. The fourth-order valence-corrected chi connectivity index (χ4v) is 3.81. The Bertz CT molecular complexity index is 1070. The lowest BCUT2D eigenvalue weighted by Crippen LogP contribution is -2.20. The van der Waals surface area contributed by atoms with Crippen molar-refractivity contribution < 1.29 is 4.39 Å². The lowest BCUT2D eigenvalue weighted by Gasteiger charge is -2.16. The normalized spacial score (nSPS) is 11.0. The molecule has 8 heteroatoms. The van der Waals surface area contributed by atoms with Crippen molar-refractivity contribution in [3.8, 4) is 0 Å². The van der Waals surface area contributed by atoms with Gasteiger partial charge in [-0.1, -0.05) is 30.5 Å². The Morgan fingerprint density at radius 2 is 1.96 bits per heavy atom. The van der Waals surface area contributed by atoms with E-state index in [0.29, 0.717) is 34.4 Å². The summed E-state index contributed by atoms with van der Waals surface area (Å²) >= 11 is 7.95. The summed E-state index contributed by atoms with van der Waals surface area (Å²) in [6, 6.07) is 6.51. The molecule has 0 spiro atoms. The molecule has 0 unspecified atom stereocenters. The number of nitrogens with zero attached hydrogens (tertiary/aromatic N) is 2. The molecule has 0 saturated carbocycles. The highest BCUT2D eigenvalue weighted by Crippen LogP contribution is 2.37. The number of benzene rings is 2. The average Bonchev–Trinajstić information content (AvgIpc) is 2.68. The number of aryl methyl sites for hydroxylation is 2. The minimum atomic E-state index is -0.465. The van der Waals surface area contributed by atoms with Crippen LogP contribution in [0.2, 0.25) is 5.02 Å². The van der Waals surface area contributed by atoms with Gasteiger partial charge in [-0.3, -0.25) is 9.36 Å². The molecule has 0 saturated heterocycles. The summed E-state index contributed by atoms with van der Waals surface area (Å²) in [5, 5.41) is 3.84. The second-order valence-electron chi connectivity index (χ2n) is 6.33. The van der Waals surface area contributed by atoms with Crippen molar-refractivity contribution >= 4 is 51.5 Å². The summed E-state index contributed by atoms with van der Waals surface area (Å²) < 4.78 is 19.2. The summed E-state index contributed by atoms with van der Waals surface area (Å²) in [6.07, 6.45) is 2.55. The van der Waals surface area contributed by atoms with Gasteiger partial charge in [0.2, 0.25) is 0 Å². The third kappa shape index (κ3) is 3.95. The van der Waals surface area contributed by atoms with Crippen LogP contribution < -0.4 is 15.6 Å². The zero-order valence-electron chi connectivity index (χ0n) is 16.0. The average molecular weight is 421 g/mol. The van der Waals surface area contributed by atoms with Gasteiger partial charge in [-0.15, -0.1) is 0 Å². The molecule has 1 aromatic heterocycles. The maximum absolute atomic E-state index is 14.5. The van der Waals surface area contributed by atoms with E-state index in [1.54, 1.807) is 22.8 Å². The number of aromatic nitrogens is 2. The highest BCUT2D eigenvalue weighted by atomic mass is 35.5. The molecule has 3 aromatic rings. The topological polar surface area (TPSA) is 59.0 Å². The summed E-state index contributed by atoms with van der Waals surface area (Å²) in [5.41, 5.74) is 2.61. The zero-order chi connectivity index (χ0) is 20.3. The minimum absolute atomic E-state index is 0.119. The van der Waals surface area contributed by atoms with Crippen LogP contribution in [-0.4, -0.2) is 15.3 Å². The number of hydrogen-bond donors (Lipinski definition) is 2. The van der Waals surface area contributed by atoms with Gasteiger partial charge >= 0.3 is 0 Å². The van der Waals surface area contributed by atoms with Gasteiger partial charge in [0.05, 0.1) is 33.6 Å². The number of fused-ring (bicyclic) bond motifs is 1. The molecule has 2 aromatic carbocycles. The summed E-state index contributed by atoms with van der Waals surface area (Å²) in [4.78, 5) is 17.0. The predicted molar refractivity (Wildman–Crippen MR) is 117 cm³/mol. The summed E-state index contributed by atoms with van der Waals surface area (Å²) in [5.74, 6) is 0.449. The predicted octanol–water partition coefficient (Wildman–Crippen LogP) is 5.73. The molecule has 0 aliphatic heterocycles. The maximum atomic E-state index is 14.5.